The number of nitrogens with one attached hydrogen (secondary N) is 2. The number of aromatic nitrogens is 2. The molecule has 0 spiro atoms. The third kappa shape index (κ3) is 5.08. The van der Waals surface area contributed by atoms with Crippen molar-refractivity contribution in [1.29, 1.82) is 0 Å². The quantitative estimate of drug-likeness (QED) is 0.592. The summed E-state index contributed by atoms with van der Waals surface area (Å²) in [6, 6.07) is 10.4. The predicted octanol–water partition coefficient (Wildman–Crippen LogP) is 2.56. The number of hydrogen-bond acceptors (Lipinski definition) is 3. The van der Waals surface area contributed by atoms with E-state index in [9.17, 15) is 0 Å². The van der Waals surface area contributed by atoms with Crippen molar-refractivity contribution < 1.29 is 4.74 Å². The van der Waals surface area contributed by atoms with Crippen LogP contribution in [0.5, 0.6) is 0 Å². The largest absolute Gasteiger partial charge is 0.373 e. The molecule has 1 atom stereocenters. The number of guanidine groups is 1. The van der Waals surface area contributed by atoms with Crippen molar-refractivity contribution in [1.82, 2.24) is 20.2 Å². The molecule has 0 aliphatic carbocycles. The Labute approximate surface area is 155 Å². The molecule has 1 aliphatic rings. The zero-order valence-electron chi connectivity index (χ0n) is 15.7. The summed E-state index contributed by atoms with van der Waals surface area (Å²) in [5, 5.41) is 6.71. The highest BCUT2D eigenvalue weighted by Gasteiger charge is 2.29. The highest BCUT2D eigenvalue weighted by molar-refractivity contribution is 5.79. The van der Waals surface area contributed by atoms with Crippen LogP contribution in [0.2, 0.25) is 0 Å². The van der Waals surface area contributed by atoms with Crippen LogP contribution < -0.4 is 10.6 Å². The lowest BCUT2D eigenvalue weighted by Gasteiger charge is -2.24. The third-order valence-corrected chi connectivity index (χ3v) is 4.65. The van der Waals surface area contributed by atoms with Gasteiger partial charge in [0.05, 0.1) is 5.60 Å². The SMILES string of the molecule is CCNC(=NCc1nccn1Cc1ccccc1)NCC1(C)CCCO1. The molecule has 0 amide bonds. The Bertz CT molecular complexity index is 704. The molecule has 1 aromatic heterocycles. The van der Waals surface area contributed by atoms with Crippen LogP contribution in [0.4, 0.5) is 0 Å². The van der Waals surface area contributed by atoms with Gasteiger partial charge in [0.1, 0.15) is 12.4 Å². The van der Waals surface area contributed by atoms with Crippen LogP contribution in [0.25, 0.3) is 0 Å². The zero-order chi connectivity index (χ0) is 18.2. The van der Waals surface area contributed by atoms with Crippen molar-refractivity contribution in [3.05, 3.63) is 54.1 Å². The lowest BCUT2D eigenvalue weighted by Crippen LogP contribution is -2.45. The first kappa shape index (κ1) is 18.5. The van der Waals surface area contributed by atoms with Crippen molar-refractivity contribution in [3.8, 4) is 0 Å². The van der Waals surface area contributed by atoms with Gasteiger partial charge in [-0.15, -0.1) is 0 Å². The first-order valence-electron chi connectivity index (χ1n) is 9.38. The van der Waals surface area contributed by atoms with Crippen LogP contribution >= 0.6 is 0 Å². The Morgan fingerprint density at radius 3 is 2.88 bits per heavy atom. The molecule has 3 rings (SSSR count). The van der Waals surface area contributed by atoms with E-state index < -0.39 is 0 Å². The van der Waals surface area contributed by atoms with Crippen molar-refractivity contribution in [3.63, 3.8) is 0 Å². The Morgan fingerprint density at radius 2 is 2.15 bits per heavy atom. The number of imidazole rings is 1. The van der Waals surface area contributed by atoms with Crippen LogP contribution in [0.15, 0.2) is 47.7 Å². The molecule has 6 heteroatoms. The number of hydrogen-bond donors (Lipinski definition) is 2. The molecule has 1 unspecified atom stereocenters. The average Bonchev–Trinajstić information content (AvgIpc) is 3.28. The first-order chi connectivity index (χ1) is 12.7. The minimum Gasteiger partial charge on any atom is -0.373 e. The van der Waals surface area contributed by atoms with Crippen molar-refractivity contribution >= 4 is 5.96 Å². The fraction of sp³-hybridized carbons (Fsp3) is 0.500. The maximum atomic E-state index is 5.84. The summed E-state index contributed by atoms with van der Waals surface area (Å²) in [5.74, 6) is 1.76. The minimum absolute atomic E-state index is 0.0953. The summed E-state index contributed by atoms with van der Waals surface area (Å²) in [7, 11) is 0. The van der Waals surface area contributed by atoms with Gasteiger partial charge < -0.3 is 19.9 Å². The summed E-state index contributed by atoms with van der Waals surface area (Å²) >= 11 is 0. The van der Waals surface area contributed by atoms with E-state index in [2.05, 4.69) is 58.3 Å². The number of aliphatic imine (C=N–C) groups is 1. The van der Waals surface area contributed by atoms with Crippen LogP contribution in [0.3, 0.4) is 0 Å². The summed E-state index contributed by atoms with van der Waals surface area (Å²) in [6.45, 7) is 8.00. The van der Waals surface area contributed by atoms with Crippen molar-refractivity contribution in [2.75, 3.05) is 19.7 Å². The van der Waals surface area contributed by atoms with Crippen LogP contribution in [-0.4, -0.2) is 40.8 Å². The molecule has 1 aliphatic heterocycles. The number of ether oxygens (including phenoxy) is 1. The van der Waals surface area contributed by atoms with Crippen LogP contribution in [0, 0.1) is 0 Å². The molecule has 6 nitrogen and oxygen atoms in total. The lowest BCUT2D eigenvalue weighted by molar-refractivity contribution is 0.0243. The fourth-order valence-corrected chi connectivity index (χ4v) is 3.15. The smallest absolute Gasteiger partial charge is 0.191 e. The number of nitrogens with zero attached hydrogens (tertiary/aromatic N) is 3. The Kier molecular flexibility index (Phi) is 6.28. The third-order valence-electron chi connectivity index (χ3n) is 4.65. The Balaban J connectivity index is 1.61. The van der Waals surface area contributed by atoms with Gasteiger partial charge in [-0.25, -0.2) is 9.98 Å². The van der Waals surface area contributed by atoms with E-state index in [1.165, 1.54) is 5.56 Å². The van der Waals surface area contributed by atoms with Crippen LogP contribution in [0.1, 0.15) is 38.1 Å². The molecule has 2 heterocycles. The topological polar surface area (TPSA) is 63.5 Å². The van der Waals surface area contributed by atoms with Gasteiger partial charge in [-0.1, -0.05) is 30.3 Å². The van der Waals surface area contributed by atoms with Crippen molar-refractivity contribution in [2.45, 2.75) is 45.4 Å². The number of rotatable bonds is 7. The van der Waals surface area contributed by atoms with Gasteiger partial charge in [0.15, 0.2) is 5.96 Å². The monoisotopic (exact) mass is 355 g/mol. The van der Waals surface area contributed by atoms with E-state index in [0.717, 1.165) is 50.9 Å². The van der Waals surface area contributed by atoms with Gasteiger partial charge in [0.2, 0.25) is 0 Å². The fourth-order valence-electron chi connectivity index (χ4n) is 3.15. The maximum Gasteiger partial charge on any atom is 0.191 e. The van der Waals surface area contributed by atoms with Gasteiger partial charge in [0.25, 0.3) is 0 Å². The van der Waals surface area contributed by atoms with Gasteiger partial charge in [-0.05, 0) is 32.3 Å². The van der Waals surface area contributed by atoms with Gasteiger partial charge in [0, 0.05) is 38.6 Å². The van der Waals surface area contributed by atoms with Crippen LogP contribution in [-0.2, 0) is 17.8 Å². The van der Waals surface area contributed by atoms with Gasteiger partial charge in [-0.3, -0.25) is 0 Å². The highest BCUT2D eigenvalue weighted by Crippen LogP contribution is 2.23. The summed E-state index contributed by atoms with van der Waals surface area (Å²) in [4.78, 5) is 9.18. The van der Waals surface area contributed by atoms with E-state index in [0.29, 0.717) is 6.54 Å². The molecule has 0 saturated carbocycles. The Hall–Kier alpha value is -2.34. The molecule has 140 valence electrons. The van der Waals surface area contributed by atoms with E-state index in [4.69, 9.17) is 9.73 Å². The molecule has 2 aromatic rings. The average molecular weight is 355 g/mol. The summed E-state index contributed by atoms with van der Waals surface area (Å²) in [5.41, 5.74) is 1.16. The molecule has 1 fully saturated rings. The second-order valence-corrected chi connectivity index (χ2v) is 6.91. The molecule has 2 N–H and O–H groups in total. The summed E-state index contributed by atoms with van der Waals surface area (Å²) < 4.78 is 7.99. The normalized spacial score (nSPS) is 20.3. The second-order valence-electron chi connectivity index (χ2n) is 6.91. The maximum absolute atomic E-state index is 5.84. The predicted molar refractivity (Wildman–Crippen MR) is 104 cm³/mol. The molecule has 26 heavy (non-hydrogen) atoms. The highest BCUT2D eigenvalue weighted by atomic mass is 16.5. The molecular weight excluding hydrogens is 326 g/mol. The van der Waals surface area contributed by atoms with Gasteiger partial charge in [-0.2, -0.15) is 0 Å². The van der Waals surface area contributed by atoms with E-state index in [1.54, 1.807) is 0 Å². The molecule has 1 saturated heterocycles. The van der Waals surface area contributed by atoms with E-state index in [1.807, 2.05) is 18.5 Å². The molecule has 0 bridgehead atoms. The lowest BCUT2D eigenvalue weighted by atomic mass is 10.0. The standard InChI is InChI=1S/C20H29N5O/c1-3-21-19(24-16-20(2)10-7-13-26-20)23-14-18-22-11-12-25(18)15-17-8-5-4-6-9-17/h4-6,8-9,11-12H,3,7,10,13-16H2,1-2H3,(H2,21,23,24). The second kappa shape index (κ2) is 8.85. The van der Waals surface area contributed by atoms with E-state index in [-0.39, 0.29) is 5.60 Å². The summed E-state index contributed by atoms with van der Waals surface area (Å²) in [6.07, 6.45) is 6.05. The molecule has 0 radical (unpaired) electrons. The zero-order valence-corrected chi connectivity index (χ0v) is 15.7. The van der Waals surface area contributed by atoms with Crippen molar-refractivity contribution in [2.24, 2.45) is 4.99 Å². The van der Waals surface area contributed by atoms with Gasteiger partial charge >= 0.3 is 0 Å². The Morgan fingerprint density at radius 1 is 1.31 bits per heavy atom. The minimum atomic E-state index is -0.0953. The molecule has 1 aromatic carbocycles. The van der Waals surface area contributed by atoms with E-state index >= 15 is 0 Å². The first-order valence-corrected chi connectivity index (χ1v) is 9.38. The number of benzene rings is 1. The molecular formula is C20H29N5O.